The van der Waals surface area contributed by atoms with Crippen molar-refractivity contribution in [2.24, 2.45) is 0 Å². The van der Waals surface area contributed by atoms with Crippen LogP contribution in [0.15, 0.2) is 156 Å². The van der Waals surface area contributed by atoms with Gasteiger partial charge in [-0.2, -0.15) is 0 Å². The van der Waals surface area contributed by atoms with E-state index in [1.54, 1.807) is 0 Å². The lowest BCUT2D eigenvalue weighted by atomic mass is 10.00. The Morgan fingerprint density at radius 3 is 1.89 bits per heavy atom. The smallest absolute Gasteiger partial charge is 0.145 e. The summed E-state index contributed by atoms with van der Waals surface area (Å²) in [6.45, 7) is 0. The highest BCUT2D eigenvalue weighted by molar-refractivity contribution is 7.28. The second-order valence-corrected chi connectivity index (χ2v) is 12.6. The predicted molar refractivity (Wildman–Crippen MR) is 197 cm³/mol. The quantitative estimate of drug-likeness (QED) is 0.184. The Hall–Kier alpha value is -5.63. The Kier molecular flexibility index (Phi) is 5.40. The molecule has 0 N–H and O–H groups in total. The molecule has 216 valence electrons. The predicted octanol–water partition coefficient (Wildman–Crippen LogP) is 10.9. The van der Waals surface area contributed by atoms with E-state index in [-0.39, 0.29) is 0 Å². The highest BCUT2D eigenvalue weighted by Crippen LogP contribution is 2.43. The van der Waals surface area contributed by atoms with E-state index in [9.17, 15) is 0 Å². The summed E-state index contributed by atoms with van der Waals surface area (Å²) in [5.74, 6) is 0. The number of rotatable bonds is 3. The molecule has 0 aliphatic carbocycles. The van der Waals surface area contributed by atoms with Crippen LogP contribution in [0, 0.1) is 0 Å². The summed E-state index contributed by atoms with van der Waals surface area (Å²) in [5, 5.41) is 8.24. The lowest BCUT2D eigenvalue weighted by Gasteiger charge is -2.17. The van der Waals surface area contributed by atoms with Gasteiger partial charge in [-0.05, 0) is 71.5 Å². The minimum atomic E-state index is 0.908. The molecule has 0 fully saturated rings. The standard InChI is InChI=1S/C42H27N2OP/c46-39-20-10-18-36(44-33-16-7-4-13-28(33)29-14-5-8-17-34(29)44)40(39)26-21-23-35-32(25-26)41-37(43(35)27-11-2-1-3-12-27)24-22-31-30-15-6-9-19-38(30)45-42(31)41/h1-25H,46H2. The van der Waals surface area contributed by atoms with E-state index in [2.05, 4.69) is 164 Å². The first-order valence-electron chi connectivity index (χ1n) is 15.6. The van der Waals surface area contributed by atoms with Gasteiger partial charge in [-0.15, -0.1) is 9.24 Å². The van der Waals surface area contributed by atoms with E-state index in [1.807, 2.05) is 6.07 Å². The summed E-state index contributed by atoms with van der Waals surface area (Å²) in [6, 6.07) is 54.3. The fourth-order valence-electron chi connectivity index (χ4n) is 7.54. The van der Waals surface area contributed by atoms with Crippen LogP contribution in [0.25, 0.3) is 88.1 Å². The number of aromatic nitrogens is 2. The van der Waals surface area contributed by atoms with Crippen molar-refractivity contribution in [2.75, 3.05) is 0 Å². The molecule has 0 saturated carbocycles. The van der Waals surface area contributed by atoms with Crippen LogP contribution in [0.3, 0.4) is 0 Å². The highest BCUT2D eigenvalue weighted by atomic mass is 31.0. The summed E-state index contributed by atoms with van der Waals surface area (Å²) in [6.07, 6.45) is 0. The average molecular weight is 607 g/mol. The fraction of sp³-hybridized carbons (Fsp3) is 0. The van der Waals surface area contributed by atoms with Crippen LogP contribution < -0.4 is 5.30 Å². The molecule has 0 bridgehead atoms. The van der Waals surface area contributed by atoms with E-state index >= 15 is 0 Å². The van der Waals surface area contributed by atoms with Gasteiger partial charge in [-0.3, -0.25) is 0 Å². The molecule has 4 heteroatoms. The molecular weight excluding hydrogens is 579 g/mol. The molecule has 0 saturated heterocycles. The Morgan fingerprint density at radius 1 is 0.457 bits per heavy atom. The van der Waals surface area contributed by atoms with Crippen molar-refractivity contribution in [1.82, 2.24) is 9.13 Å². The van der Waals surface area contributed by atoms with Gasteiger partial charge in [0.15, 0.2) is 0 Å². The maximum Gasteiger partial charge on any atom is 0.145 e. The Balaban J connectivity index is 1.32. The lowest BCUT2D eigenvalue weighted by molar-refractivity contribution is 0.673. The van der Waals surface area contributed by atoms with Crippen molar-refractivity contribution in [3.63, 3.8) is 0 Å². The average Bonchev–Trinajstić information content (AvgIpc) is 3.76. The molecule has 3 aromatic heterocycles. The van der Waals surface area contributed by atoms with Gasteiger partial charge in [0.1, 0.15) is 11.2 Å². The van der Waals surface area contributed by atoms with Gasteiger partial charge in [0.2, 0.25) is 0 Å². The van der Waals surface area contributed by atoms with Gasteiger partial charge in [0.25, 0.3) is 0 Å². The largest absolute Gasteiger partial charge is 0.455 e. The van der Waals surface area contributed by atoms with E-state index in [4.69, 9.17) is 4.42 Å². The number of fused-ring (bicyclic) bond motifs is 10. The first kappa shape index (κ1) is 25.7. The first-order valence-corrected chi connectivity index (χ1v) is 16.2. The molecule has 0 radical (unpaired) electrons. The minimum Gasteiger partial charge on any atom is -0.455 e. The zero-order valence-electron chi connectivity index (χ0n) is 24.8. The zero-order valence-corrected chi connectivity index (χ0v) is 26.0. The number of furan rings is 1. The van der Waals surface area contributed by atoms with Crippen LogP contribution in [0.1, 0.15) is 0 Å². The van der Waals surface area contributed by atoms with Crippen molar-refractivity contribution < 1.29 is 4.42 Å². The Bertz CT molecular complexity index is 2760. The van der Waals surface area contributed by atoms with E-state index in [1.165, 1.54) is 32.8 Å². The summed E-state index contributed by atoms with van der Waals surface area (Å²) in [4.78, 5) is 0. The van der Waals surface area contributed by atoms with Crippen molar-refractivity contribution in [3.05, 3.63) is 152 Å². The lowest BCUT2D eigenvalue weighted by Crippen LogP contribution is -2.05. The molecule has 7 aromatic carbocycles. The molecule has 0 spiro atoms. The summed E-state index contributed by atoms with van der Waals surface area (Å²) < 4.78 is 11.4. The number of benzene rings is 7. The van der Waals surface area contributed by atoms with Gasteiger partial charge >= 0.3 is 0 Å². The molecule has 10 aromatic rings. The van der Waals surface area contributed by atoms with Gasteiger partial charge in [-0.25, -0.2) is 0 Å². The fourth-order valence-corrected chi connectivity index (χ4v) is 7.96. The van der Waals surface area contributed by atoms with Gasteiger partial charge in [0.05, 0.1) is 33.1 Å². The molecule has 3 nitrogen and oxygen atoms in total. The molecule has 0 amide bonds. The molecule has 1 unspecified atom stereocenters. The summed E-state index contributed by atoms with van der Waals surface area (Å²) >= 11 is 0. The third-order valence-corrected chi connectivity index (χ3v) is 9.95. The van der Waals surface area contributed by atoms with Crippen LogP contribution in [-0.4, -0.2) is 9.13 Å². The van der Waals surface area contributed by atoms with Crippen LogP contribution in [0.2, 0.25) is 0 Å². The van der Waals surface area contributed by atoms with Crippen LogP contribution in [-0.2, 0) is 0 Å². The van der Waals surface area contributed by atoms with Crippen LogP contribution in [0.4, 0.5) is 0 Å². The normalized spacial score (nSPS) is 12.0. The van der Waals surface area contributed by atoms with Crippen molar-refractivity contribution in [1.29, 1.82) is 0 Å². The first-order chi connectivity index (χ1) is 22.8. The van der Waals surface area contributed by atoms with Crippen molar-refractivity contribution in [2.45, 2.75) is 0 Å². The Morgan fingerprint density at radius 2 is 1.11 bits per heavy atom. The molecule has 1 atom stereocenters. The van der Waals surface area contributed by atoms with E-state index in [0.29, 0.717) is 0 Å². The van der Waals surface area contributed by atoms with Gasteiger partial charge in [-0.1, -0.05) is 91.0 Å². The van der Waals surface area contributed by atoms with Crippen molar-refractivity contribution in [3.8, 4) is 22.5 Å². The SMILES string of the molecule is Pc1cccc(-n2c3ccccc3c3ccccc32)c1-c1ccc2c(c1)c1c3oc4ccccc4c3ccc1n2-c1ccccc1. The zero-order chi connectivity index (χ0) is 30.4. The third-order valence-electron chi connectivity index (χ3n) is 9.47. The van der Waals surface area contributed by atoms with Crippen LogP contribution >= 0.6 is 9.24 Å². The summed E-state index contributed by atoms with van der Waals surface area (Å²) in [5.41, 5.74) is 11.2. The maximum atomic E-state index is 6.65. The van der Waals surface area contributed by atoms with Gasteiger partial charge in [0, 0.05) is 38.2 Å². The highest BCUT2D eigenvalue weighted by Gasteiger charge is 2.21. The van der Waals surface area contributed by atoms with Crippen molar-refractivity contribution >= 4 is 80.1 Å². The second kappa shape index (κ2) is 9.68. The molecule has 46 heavy (non-hydrogen) atoms. The van der Waals surface area contributed by atoms with E-state index in [0.717, 1.165) is 60.6 Å². The second-order valence-electron chi connectivity index (χ2n) is 11.9. The Labute approximate surface area is 267 Å². The number of hydrogen-bond acceptors (Lipinski definition) is 1. The maximum absolute atomic E-state index is 6.65. The molecule has 3 heterocycles. The molecule has 0 aliphatic rings. The molecular formula is C42H27N2OP. The number of nitrogens with zero attached hydrogens (tertiary/aromatic N) is 2. The number of hydrogen-bond donors (Lipinski definition) is 0. The van der Waals surface area contributed by atoms with E-state index < -0.39 is 0 Å². The summed E-state index contributed by atoms with van der Waals surface area (Å²) in [7, 11) is 3.00. The molecule has 0 aliphatic heterocycles. The van der Waals surface area contributed by atoms with Gasteiger partial charge < -0.3 is 13.6 Å². The third kappa shape index (κ3) is 3.52. The minimum absolute atomic E-state index is 0.908. The molecule has 10 rings (SSSR count). The topological polar surface area (TPSA) is 23.0 Å². The monoisotopic (exact) mass is 606 g/mol. The van der Waals surface area contributed by atoms with Crippen LogP contribution in [0.5, 0.6) is 0 Å². The number of para-hydroxylation sites is 4.